The topological polar surface area (TPSA) is 52.6 Å². The molecule has 1 heterocycles. The Morgan fingerprint density at radius 3 is 2.65 bits per heavy atom. The Morgan fingerprint density at radius 2 is 1.90 bits per heavy atom. The maximum absolute atomic E-state index is 11.5. The number of nitrogens with zero attached hydrogens (tertiary/aromatic N) is 1. The number of aryl methyl sites for hydroxylation is 1. The van der Waals surface area contributed by atoms with Gasteiger partial charge >= 0.3 is 0 Å². The fraction of sp³-hybridized carbons (Fsp3) is 0.188. The molecule has 20 heavy (non-hydrogen) atoms. The van der Waals surface area contributed by atoms with Crippen LogP contribution in [0.2, 0.25) is 0 Å². The van der Waals surface area contributed by atoms with Crippen molar-refractivity contribution >= 4 is 23.0 Å². The monoisotopic (exact) mass is 268 g/mol. The second-order valence-corrected chi connectivity index (χ2v) is 5.06. The van der Waals surface area contributed by atoms with Gasteiger partial charge in [0.05, 0.1) is 0 Å². The summed E-state index contributed by atoms with van der Waals surface area (Å²) in [4.78, 5) is 13.5. The molecule has 0 aliphatic carbocycles. The van der Waals surface area contributed by atoms with Gasteiger partial charge in [-0.25, -0.2) is 0 Å². The molecule has 0 spiro atoms. The summed E-state index contributed by atoms with van der Waals surface area (Å²) >= 11 is 0. The molecule has 0 aromatic heterocycles. The molecule has 4 heteroatoms. The van der Waals surface area contributed by atoms with E-state index in [9.17, 15) is 9.90 Å². The van der Waals surface area contributed by atoms with Crippen molar-refractivity contribution < 1.29 is 9.90 Å². The van der Waals surface area contributed by atoms with Crippen LogP contribution in [0.15, 0.2) is 42.5 Å². The van der Waals surface area contributed by atoms with Crippen LogP contribution in [-0.2, 0) is 4.79 Å². The molecule has 2 aromatic rings. The van der Waals surface area contributed by atoms with Crippen molar-refractivity contribution in [2.45, 2.75) is 13.0 Å². The zero-order valence-electron chi connectivity index (χ0n) is 11.4. The van der Waals surface area contributed by atoms with Gasteiger partial charge in [0.1, 0.15) is 0 Å². The predicted molar refractivity (Wildman–Crippen MR) is 79.3 cm³/mol. The molecule has 1 unspecified atom stereocenters. The first-order valence-electron chi connectivity index (χ1n) is 6.49. The van der Waals surface area contributed by atoms with Crippen molar-refractivity contribution in [3.05, 3.63) is 53.6 Å². The highest BCUT2D eigenvalue weighted by Crippen LogP contribution is 2.35. The van der Waals surface area contributed by atoms with Crippen LogP contribution in [-0.4, -0.2) is 18.1 Å². The second kappa shape index (κ2) is 4.65. The molecule has 1 atom stereocenters. The molecule has 0 radical (unpaired) electrons. The van der Waals surface area contributed by atoms with Gasteiger partial charge in [0, 0.05) is 29.7 Å². The summed E-state index contributed by atoms with van der Waals surface area (Å²) < 4.78 is 0. The lowest BCUT2D eigenvalue weighted by Gasteiger charge is -2.20. The molecule has 0 bridgehead atoms. The predicted octanol–water partition coefficient (Wildman–Crippen LogP) is 2.75. The lowest BCUT2D eigenvalue weighted by molar-refractivity contribution is -0.123. The Bertz CT molecular complexity index is 682. The smallest absolute Gasteiger partial charge is 0.257 e. The number of carbonyl (C=O) groups is 1. The molecule has 1 aliphatic rings. The minimum absolute atomic E-state index is 0.365. The van der Waals surface area contributed by atoms with Crippen molar-refractivity contribution in [2.24, 2.45) is 0 Å². The standard InChI is InChI=1S/C16H16N2O2/c1-10-4-3-5-11(8-10)18(2)12-6-7-13-14(9-12)17-16(20)15(13)19/h3-9,15,19H,1-2H3,(H,17,20). The van der Waals surface area contributed by atoms with Crippen LogP contribution in [0.5, 0.6) is 0 Å². The Morgan fingerprint density at radius 1 is 1.15 bits per heavy atom. The third kappa shape index (κ3) is 2.04. The van der Waals surface area contributed by atoms with E-state index in [2.05, 4.69) is 24.4 Å². The highest BCUT2D eigenvalue weighted by Gasteiger charge is 2.28. The Balaban J connectivity index is 1.96. The molecular weight excluding hydrogens is 252 g/mol. The fourth-order valence-electron chi connectivity index (χ4n) is 2.43. The van der Waals surface area contributed by atoms with Gasteiger partial charge in [0.25, 0.3) is 5.91 Å². The van der Waals surface area contributed by atoms with E-state index < -0.39 is 6.10 Å². The highest BCUT2D eigenvalue weighted by atomic mass is 16.3. The molecule has 0 saturated heterocycles. The molecule has 1 aliphatic heterocycles. The van der Waals surface area contributed by atoms with E-state index in [-0.39, 0.29) is 5.91 Å². The van der Waals surface area contributed by atoms with Crippen LogP contribution >= 0.6 is 0 Å². The summed E-state index contributed by atoms with van der Waals surface area (Å²) in [6, 6.07) is 13.8. The Labute approximate surface area is 117 Å². The number of fused-ring (bicyclic) bond motifs is 1. The maximum Gasteiger partial charge on any atom is 0.257 e. The first kappa shape index (κ1) is 12.7. The second-order valence-electron chi connectivity index (χ2n) is 5.06. The highest BCUT2D eigenvalue weighted by molar-refractivity contribution is 6.02. The molecule has 102 valence electrons. The van der Waals surface area contributed by atoms with Crippen LogP contribution in [0.25, 0.3) is 0 Å². The van der Waals surface area contributed by atoms with E-state index >= 15 is 0 Å². The summed E-state index contributed by atoms with van der Waals surface area (Å²) in [5, 5.41) is 12.4. The number of hydrogen-bond donors (Lipinski definition) is 2. The van der Waals surface area contributed by atoms with E-state index in [0.29, 0.717) is 11.3 Å². The van der Waals surface area contributed by atoms with Crippen molar-refractivity contribution in [3.8, 4) is 0 Å². The third-order valence-corrected chi connectivity index (χ3v) is 3.61. The maximum atomic E-state index is 11.5. The van der Waals surface area contributed by atoms with Crippen molar-refractivity contribution in [1.29, 1.82) is 0 Å². The van der Waals surface area contributed by atoms with E-state index in [1.807, 2.05) is 36.2 Å². The molecule has 2 aromatic carbocycles. The first-order valence-corrected chi connectivity index (χ1v) is 6.49. The summed E-state index contributed by atoms with van der Waals surface area (Å²) in [6.45, 7) is 2.05. The quantitative estimate of drug-likeness (QED) is 0.880. The SMILES string of the molecule is Cc1cccc(N(C)c2ccc3c(c2)NC(=O)C3O)c1. The summed E-state index contributed by atoms with van der Waals surface area (Å²) in [5.74, 6) is -0.365. The Kier molecular flexibility index (Phi) is 2.95. The normalized spacial score (nSPS) is 16.8. The van der Waals surface area contributed by atoms with E-state index in [0.717, 1.165) is 11.4 Å². The molecule has 0 fully saturated rings. The molecule has 3 rings (SSSR count). The summed E-state index contributed by atoms with van der Waals surface area (Å²) in [7, 11) is 1.98. The number of benzene rings is 2. The number of nitrogens with one attached hydrogen (secondary N) is 1. The van der Waals surface area contributed by atoms with Gasteiger partial charge in [-0.15, -0.1) is 0 Å². The number of hydrogen-bond acceptors (Lipinski definition) is 3. The largest absolute Gasteiger partial charge is 0.378 e. The zero-order valence-corrected chi connectivity index (χ0v) is 11.4. The lowest BCUT2D eigenvalue weighted by atomic mass is 10.1. The van der Waals surface area contributed by atoms with Crippen molar-refractivity contribution in [2.75, 3.05) is 17.3 Å². The van der Waals surface area contributed by atoms with Gasteiger partial charge in [-0.3, -0.25) is 4.79 Å². The van der Waals surface area contributed by atoms with Crippen LogP contribution in [0.4, 0.5) is 17.1 Å². The van der Waals surface area contributed by atoms with Crippen LogP contribution in [0.3, 0.4) is 0 Å². The van der Waals surface area contributed by atoms with Gasteiger partial charge < -0.3 is 15.3 Å². The molecular formula is C16H16N2O2. The summed E-state index contributed by atoms with van der Waals surface area (Å²) in [6.07, 6.45) is -1.05. The molecule has 2 N–H and O–H groups in total. The van der Waals surface area contributed by atoms with Crippen LogP contribution in [0, 0.1) is 6.92 Å². The number of aliphatic hydroxyl groups is 1. The number of carbonyl (C=O) groups excluding carboxylic acids is 1. The number of anilines is 3. The van der Waals surface area contributed by atoms with Crippen LogP contribution < -0.4 is 10.2 Å². The van der Waals surface area contributed by atoms with E-state index in [4.69, 9.17) is 0 Å². The van der Waals surface area contributed by atoms with Crippen molar-refractivity contribution in [3.63, 3.8) is 0 Å². The molecule has 1 amide bonds. The zero-order chi connectivity index (χ0) is 14.3. The van der Waals surface area contributed by atoms with E-state index in [1.54, 1.807) is 6.07 Å². The van der Waals surface area contributed by atoms with Gasteiger partial charge in [-0.2, -0.15) is 0 Å². The molecule has 0 saturated carbocycles. The fourth-order valence-corrected chi connectivity index (χ4v) is 2.43. The van der Waals surface area contributed by atoms with Gasteiger partial charge in [-0.05, 0) is 36.8 Å². The first-order chi connectivity index (χ1) is 9.56. The van der Waals surface area contributed by atoms with Gasteiger partial charge in [-0.1, -0.05) is 18.2 Å². The van der Waals surface area contributed by atoms with Gasteiger partial charge in [0.2, 0.25) is 0 Å². The summed E-state index contributed by atoms with van der Waals surface area (Å²) in [5.41, 5.74) is 4.55. The lowest BCUT2D eigenvalue weighted by Crippen LogP contribution is -2.10. The third-order valence-electron chi connectivity index (χ3n) is 3.61. The average molecular weight is 268 g/mol. The minimum Gasteiger partial charge on any atom is -0.378 e. The Hall–Kier alpha value is -2.33. The van der Waals surface area contributed by atoms with Gasteiger partial charge in [0.15, 0.2) is 6.10 Å². The van der Waals surface area contributed by atoms with Crippen LogP contribution in [0.1, 0.15) is 17.2 Å². The van der Waals surface area contributed by atoms with Crippen molar-refractivity contribution in [1.82, 2.24) is 0 Å². The molecule has 4 nitrogen and oxygen atoms in total. The average Bonchev–Trinajstić information content (AvgIpc) is 2.73. The number of aliphatic hydroxyl groups excluding tert-OH is 1. The minimum atomic E-state index is -1.05. The number of rotatable bonds is 2. The van der Waals surface area contributed by atoms with E-state index in [1.165, 1.54) is 5.56 Å². The number of amides is 1.